The molecule has 0 aliphatic heterocycles. The lowest BCUT2D eigenvalue weighted by atomic mass is 10.1. The number of hydrogen-bond donors (Lipinski definition) is 3. The Bertz CT molecular complexity index is 913. The molecule has 1 heterocycles. The van der Waals surface area contributed by atoms with Gasteiger partial charge in [-0.2, -0.15) is 0 Å². The third kappa shape index (κ3) is 7.40. The average Bonchev–Trinajstić information content (AvgIpc) is 2.70. The molecule has 0 saturated carbocycles. The Hall–Kier alpha value is -1.99. The van der Waals surface area contributed by atoms with E-state index in [9.17, 15) is 12.8 Å². The van der Waals surface area contributed by atoms with E-state index in [2.05, 4.69) is 25.3 Å². The van der Waals surface area contributed by atoms with Gasteiger partial charge in [-0.05, 0) is 36.8 Å². The third-order valence-electron chi connectivity index (χ3n) is 3.91. The highest BCUT2D eigenvalue weighted by molar-refractivity contribution is 14.0. The monoisotopic (exact) mass is 537 g/mol. The number of methoxy groups -OCH3 is 1. The lowest BCUT2D eigenvalue weighted by molar-refractivity contribution is 0.386. The molecule has 0 aliphatic rings. The molecule has 0 saturated heterocycles. The molecule has 0 fully saturated rings. The van der Waals surface area contributed by atoms with Crippen LogP contribution in [0.5, 0.6) is 5.75 Å². The average molecular weight is 537 g/mol. The molecule has 0 aliphatic carbocycles. The Labute approximate surface area is 187 Å². The van der Waals surface area contributed by atoms with Crippen LogP contribution in [0.4, 0.5) is 4.39 Å². The van der Waals surface area contributed by atoms with Crippen LogP contribution in [0.15, 0.2) is 52.6 Å². The maximum atomic E-state index is 13.9. The van der Waals surface area contributed by atoms with Crippen molar-refractivity contribution in [1.29, 1.82) is 0 Å². The van der Waals surface area contributed by atoms with E-state index in [1.54, 1.807) is 25.2 Å². The molecule has 2 aromatic rings. The zero-order valence-corrected chi connectivity index (χ0v) is 19.5. The van der Waals surface area contributed by atoms with Crippen LogP contribution < -0.4 is 20.1 Å². The van der Waals surface area contributed by atoms with Crippen LogP contribution >= 0.6 is 24.0 Å². The first-order valence-corrected chi connectivity index (χ1v) is 10.1. The largest absolute Gasteiger partial charge is 0.494 e. The number of benzene rings is 1. The second kappa shape index (κ2) is 11.9. The summed E-state index contributed by atoms with van der Waals surface area (Å²) in [5, 5.41) is 6.13. The highest BCUT2D eigenvalue weighted by Gasteiger charge is 2.14. The first-order valence-electron chi connectivity index (χ1n) is 8.57. The van der Waals surface area contributed by atoms with Crippen molar-refractivity contribution < 1.29 is 17.5 Å². The number of halogens is 2. The lowest BCUT2D eigenvalue weighted by Crippen LogP contribution is -2.42. The predicted octanol–water partition coefficient (Wildman–Crippen LogP) is 2.05. The van der Waals surface area contributed by atoms with Gasteiger partial charge in [0.05, 0.1) is 13.2 Å². The smallest absolute Gasteiger partial charge is 0.242 e. The van der Waals surface area contributed by atoms with Crippen molar-refractivity contribution in [2.75, 3.05) is 27.2 Å². The number of nitrogens with zero attached hydrogens (tertiary/aromatic N) is 2. The number of pyridine rings is 1. The zero-order valence-electron chi connectivity index (χ0n) is 16.3. The van der Waals surface area contributed by atoms with Gasteiger partial charge in [0.15, 0.2) is 17.5 Å². The second-order valence-electron chi connectivity index (χ2n) is 5.85. The van der Waals surface area contributed by atoms with Crippen molar-refractivity contribution in [2.45, 2.75) is 17.9 Å². The molecule has 11 heteroatoms. The molecule has 1 aromatic heterocycles. The number of hydrogen-bond acceptors (Lipinski definition) is 5. The first-order chi connectivity index (χ1) is 13.4. The van der Waals surface area contributed by atoms with Gasteiger partial charge < -0.3 is 15.4 Å². The van der Waals surface area contributed by atoms with E-state index in [4.69, 9.17) is 4.74 Å². The van der Waals surface area contributed by atoms with Gasteiger partial charge in [0, 0.05) is 32.5 Å². The molecule has 0 spiro atoms. The van der Waals surface area contributed by atoms with Crippen molar-refractivity contribution >= 4 is 40.0 Å². The van der Waals surface area contributed by atoms with Gasteiger partial charge in [-0.25, -0.2) is 17.5 Å². The summed E-state index contributed by atoms with van der Waals surface area (Å²) in [6, 6.07) is 7.52. The Balaban J connectivity index is 0.00000420. The van der Waals surface area contributed by atoms with Crippen molar-refractivity contribution in [3.63, 3.8) is 0 Å². The van der Waals surface area contributed by atoms with Gasteiger partial charge in [0.25, 0.3) is 0 Å². The van der Waals surface area contributed by atoms with E-state index in [0.29, 0.717) is 12.5 Å². The zero-order chi connectivity index (χ0) is 20.6. The fourth-order valence-electron chi connectivity index (χ4n) is 2.39. The number of aliphatic imine (C=N–C) groups is 1. The molecule has 0 amide bonds. The number of ether oxygens (including phenoxy) is 1. The number of aromatic nitrogens is 1. The summed E-state index contributed by atoms with van der Waals surface area (Å²) < 4.78 is 45.5. The van der Waals surface area contributed by atoms with E-state index < -0.39 is 15.8 Å². The van der Waals surface area contributed by atoms with E-state index in [-0.39, 0.29) is 47.2 Å². The minimum absolute atomic E-state index is 0. The Morgan fingerprint density at radius 2 is 2.07 bits per heavy atom. The van der Waals surface area contributed by atoms with Crippen LogP contribution in [0.1, 0.15) is 18.5 Å². The van der Waals surface area contributed by atoms with Gasteiger partial charge in [0.2, 0.25) is 10.0 Å². The first kappa shape index (κ1) is 25.0. The number of nitrogens with one attached hydrogen (secondary N) is 3. The van der Waals surface area contributed by atoms with E-state index in [0.717, 1.165) is 5.56 Å². The molecule has 1 atom stereocenters. The summed E-state index contributed by atoms with van der Waals surface area (Å²) in [7, 11) is -0.604. The molecule has 2 rings (SSSR count). The summed E-state index contributed by atoms with van der Waals surface area (Å²) in [4.78, 5) is 8.00. The van der Waals surface area contributed by atoms with Crippen LogP contribution in [0, 0.1) is 5.82 Å². The Morgan fingerprint density at radius 1 is 1.31 bits per heavy atom. The Morgan fingerprint density at radius 3 is 2.66 bits per heavy atom. The number of rotatable bonds is 8. The molecule has 0 radical (unpaired) electrons. The maximum Gasteiger partial charge on any atom is 0.242 e. The minimum atomic E-state index is -3.61. The second-order valence-corrected chi connectivity index (χ2v) is 7.61. The van der Waals surface area contributed by atoms with Gasteiger partial charge in [-0.3, -0.25) is 9.98 Å². The van der Waals surface area contributed by atoms with Crippen molar-refractivity contribution in [3.8, 4) is 5.75 Å². The Kier molecular flexibility index (Phi) is 10.3. The maximum absolute atomic E-state index is 13.9. The summed E-state index contributed by atoms with van der Waals surface area (Å²) in [5.74, 6) is 0.199. The summed E-state index contributed by atoms with van der Waals surface area (Å²) in [5.41, 5.74) is 0.721. The topological polar surface area (TPSA) is 105 Å². The molecule has 1 unspecified atom stereocenters. The molecule has 3 N–H and O–H groups in total. The molecule has 8 nitrogen and oxygen atoms in total. The highest BCUT2D eigenvalue weighted by atomic mass is 127. The molecule has 0 bridgehead atoms. The SMILES string of the molecule is CN=C(NCCNS(=O)(=O)c1cccnc1)NC(C)c1ccc(OC)c(F)c1.I. The van der Waals surface area contributed by atoms with Crippen LogP contribution in [-0.4, -0.2) is 46.6 Å². The van der Waals surface area contributed by atoms with Crippen LogP contribution in [0.2, 0.25) is 0 Å². The van der Waals surface area contributed by atoms with Crippen molar-refractivity contribution in [2.24, 2.45) is 4.99 Å². The number of sulfonamides is 1. The fraction of sp³-hybridized carbons (Fsp3) is 0.333. The number of guanidine groups is 1. The van der Waals surface area contributed by atoms with Crippen LogP contribution in [-0.2, 0) is 10.0 Å². The molecule has 1 aromatic carbocycles. The molecule has 160 valence electrons. The van der Waals surface area contributed by atoms with E-state index in [1.807, 2.05) is 6.92 Å². The standard InChI is InChI=1S/C18H24FN5O3S.HI/c1-13(14-6-7-17(27-3)16(19)11-14)24-18(20-2)22-9-10-23-28(25,26)15-5-4-8-21-12-15;/h4-8,11-13,23H,9-10H2,1-3H3,(H2,20,22,24);1H. The minimum Gasteiger partial charge on any atom is -0.494 e. The van der Waals surface area contributed by atoms with Gasteiger partial charge >= 0.3 is 0 Å². The quantitative estimate of drug-likeness (QED) is 0.206. The fourth-order valence-corrected chi connectivity index (χ4v) is 3.39. The van der Waals surface area contributed by atoms with Crippen molar-refractivity contribution in [3.05, 3.63) is 54.1 Å². The van der Waals surface area contributed by atoms with E-state index >= 15 is 0 Å². The van der Waals surface area contributed by atoms with E-state index in [1.165, 1.54) is 31.6 Å². The van der Waals surface area contributed by atoms with Crippen LogP contribution in [0.25, 0.3) is 0 Å². The van der Waals surface area contributed by atoms with Gasteiger partial charge in [0.1, 0.15) is 4.90 Å². The van der Waals surface area contributed by atoms with Crippen LogP contribution in [0.3, 0.4) is 0 Å². The third-order valence-corrected chi connectivity index (χ3v) is 5.35. The molecule has 29 heavy (non-hydrogen) atoms. The van der Waals surface area contributed by atoms with Gasteiger partial charge in [-0.1, -0.05) is 6.07 Å². The van der Waals surface area contributed by atoms with Crippen molar-refractivity contribution in [1.82, 2.24) is 20.3 Å². The summed E-state index contributed by atoms with van der Waals surface area (Å²) in [6.45, 7) is 2.32. The lowest BCUT2D eigenvalue weighted by Gasteiger charge is -2.19. The highest BCUT2D eigenvalue weighted by Crippen LogP contribution is 2.21. The summed E-state index contributed by atoms with van der Waals surface area (Å²) >= 11 is 0. The normalized spacial score (nSPS) is 12.6. The molecular formula is C18H25FIN5O3S. The summed E-state index contributed by atoms with van der Waals surface area (Å²) in [6.07, 6.45) is 2.79. The van der Waals surface area contributed by atoms with Gasteiger partial charge in [-0.15, -0.1) is 24.0 Å². The predicted molar refractivity (Wildman–Crippen MR) is 121 cm³/mol. The molecular weight excluding hydrogens is 512 g/mol.